The molecule has 0 radical (unpaired) electrons. The van der Waals surface area contributed by atoms with E-state index in [0.717, 1.165) is 46.3 Å². The van der Waals surface area contributed by atoms with Crippen molar-refractivity contribution in [2.75, 3.05) is 6.54 Å². The number of hydrogen-bond acceptors (Lipinski definition) is 3. The fourth-order valence-corrected chi connectivity index (χ4v) is 3.62. The molecule has 0 saturated carbocycles. The van der Waals surface area contributed by atoms with Crippen molar-refractivity contribution in [1.82, 2.24) is 15.1 Å². The summed E-state index contributed by atoms with van der Waals surface area (Å²) in [6, 6.07) is 16.0. The number of hydrogen-bond donors (Lipinski definition) is 1. The molecule has 4 aromatic rings. The van der Waals surface area contributed by atoms with Gasteiger partial charge in [0, 0.05) is 23.7 Å². The second kappa shape index (κ2) is 7.95. The lowest BCUT2D eigenvalue weighted by Crippen LogP contribution is -2.25. The van der Waals surface area contributed by atoms with Crippen molar-refractivity contribution in [2.45, 2.75) is 33.6 Å². The average Bonchev–Trinajstić information content (AvgIpc) is 3.27. The number of carbonyl (C=O) groups excluding carboxylic acids is 1. The molecular formula is C24H25N3O2. The maximum atomic E-state index is 12.6. The maximum Gasteiger partial charge on any atom is 0.287 e. The summed E-state index contributed by atoms with van der Waals surface area (Å²) in [5.74, 6) is 0.247. The molecule has 1 N–H and O–H groups in total. The highest BCUT2D eigenvalue weighted by atomic mass is 16.3. The molecule has 148 valence electrons. The molecule has 0 bridgehead atoms. The number of rotatable bonds is 6. The van der Waals surface area contributed by atoms with Gasteiger partial charge >= 0.3 is 0 Å². The summed E-state index contributed by atoms with van der Waals surface area (Å²) < 4.78 is 7.76. The van der Waals surface area contributed by atoms with E-state index in [1.807, 2.05) is 74.0 Å². The van der Waals surface area contributed by atoms with Gasteiger partial charge in [-0.05, 0) is 56.9 Å². The molecule has 5 nitrogen and oxygen atoms in total. The van der Waals surface area contributed by atoms with E-state index in [0.29, 0.717) is 12.3 Å². The van der Waals surface area contributed by atoms with Crippen molar-refractivity contribution in [2.24, 2.45) is 0 Å². The topological polar surface area (TPSA) is 60.1 Å². The van der Waals surface area contributed by atoms with Gasteiger partial charge in [0.05, 0.1) is 11.4 Å². The fourth-order valence-electron chi connectivity index (χ4n) is 3.62. The quantitative estimate of drug-likeness (QED) is 0.478. The molecule has 0 fully saturated rings. The summed E-state index contributed by atoms with van der Waals surface area (Å²) in [7, 11) is 0. The first-order chi connectivity index (χ1) is 14.0. The minimum Gasteiger partial charge on any atom is -0.450 e. The first-order valence-corrected chi connectivity index (χ1v) is 9.92. The summed E-state index contributed by atoms with van der Waals surface area (Å²) >= 11 is 0. The molecule has 5 heteroatoms. The number of nitrogens with one attached hydrogen (secondary N) is 1. The minimum atomic E-state index is -0.158. The van der Waals surface area contributed by atoms with Gasteiger partial charge in [0.2, 0.25) is 0 Å². The molecule has 0 saturated heterocycles. The summed E-state index contributed by atoms with van der Waals surface area (Å²) in [6.07, 6.45) is 3.77. The van der Waals surface area contributed by atoms with Crippen molar-refractivity contribution in [3.05, 3.63) is 82.9 Å². The van der Waals surface area contributed by atoms with Crippen molar-refractivity contribution >= 4 is 16.9 Å². The Morgan fingerprint density at radius 3 is 2.62 bits per heavy atom. The van der Waals surface area contributed by atoms with Crippen molar-refractivity contribution in [3.63, 3.8) is 0 Å². The van der Waals surface area contributed by atoms with Gasteiger partial charge in [-0.1, -0.05) is 36.4 Å². The second-order valence-electron chi connectivity index (χ2n) is 7.39. The van der Waals surface area contributed by atoms with Crippen LogP contribution >= 0.6 is 0 Å². The van der Waals surface area contributed by atoms with Crippen molar-refractivity contribution in [3.8, 4) is 5.69 Å². The lowest BCUT2D eigenvalue weighted by Gasteiger charge is -2.04. The van der Waals surface area contributed by atoms with Crippen LogP contribution in [0.4, 0.5) is 0 Å². The molecule has 1 amide bonds. The van der Waals surface area contributed by atoms with Crippen LogP contribution in [0.3, 0.4) is 0 Å². The van der Waals surface area contributed by atoms with E-state index < -0.39 is 0 Å². The molecule has 29 heavy (non-hydrogen) atoms. The molecule has 0 aliphatic heterocycles. The zero-order chi connectivity index (χ0) is 20.4. The van der Waals surface area contributed by atoms with Crippen LogP contribution in [0.1, 0.15) is 39.4 Å². The Bertz CT molecular complexity index is 1160. The third-order valence-electron chi connectivity index (χ3n) is 5.30. The van der Waals surface area contributed by atoms with E-state index in [1.165, 1.54) is 5.56 Å². The lowest BCUT2D eigenvalue weighted by molar-refractivity contribution is 0.0927. The van der Waals surface area contributed by atoms with Crippen LogP contribution < -0.4 is 5.32 Å². The van der Waals surface area contributed by atoms with Gasteiger partial charge < -0.3 is 9.73 Å². The van der Waals surface area contributed by atoms with E-state index >= 15 is 0 Å². The van der Waals surface area contributed by atoms with Crippen molar-refractivity contribution < 1.29 is 9.21 Å². The van der Waals surface area contributed by atoms with Crippen LogP contribution in [0, 0.1) is 20.8 Å². The molecule has 0 atom stereocenters. The number of benzene rings is 2. The third-order valence-corrected chi connectivity index (χ3v) is 5.30. The van der Waals surface area contributed by atoms with Crippen LogP contribution in [0.2, 0.25) is 0 Å². The number of aromatic nitrogens is 2. The Labute approximate surface area is 170 Å². The van der Waals surface area contributed by atoms with Crippen LogP contribution in [-0.4, -0.2) is 22.2 Å². The normalized spacial score (nSPS) is 11.1. The molecule has 0 aliphatic rings. The number of amides is 1. The predicted molar refractivity (Wildman–Crippen MR) is 115 cm³/mol. The Morgan fingerprint density at radius 2 is 1.86 bits per heavy atom. The van der Waals surface area contributed by atoms with E-state index in [2.05, 4.69) is 16.6 Å². The maximum absolute atomic E-state index is 12.6. The smallest absolute Gasteiger partial charge is 0.287 e. The van der Waals surface area contributed by atoms with Crippen LogP contribution in [0.25, 0.3) is 16.7 Å². The number of furan rings is 1. The Balaban J connectivity index is 1.37. The third kappa shape index (κ3) is 3.81. The van der Waals surface area contributed by atoms with Gasteiger partial charge in [-0.3, -0.25) is 4.79 Å². The van der Waals surface area contributed by atoms with Gasteiger partial charge in [0.1, 0.15) is 5.58 Å². The van der Waals surface area contributed by atoms with Gasteiger partial charge in [-0.2, -0.15) is 5.10 Å². The molecule has 2 aromatic heterocycles. The average molecular weight is 387 g/mol. The van der Waals surface area contributed by atoms with Crippen LogP contribution in [0.5, 0.6) is 0 Å². The molecule has 0 spiro atoms. The SMILES string of the molecule is Cc1nn(-c2ccccc2)cc1CCCNC(=O)c1oc2c(C)cccc2c1C. The highest BCUT2D eigenvalue weighted by Gasteiger charge is 2.18. The lowest BCUT2D eigenvalue weighted by atomic mass is 10.1. The minimum absolute atomic E-state index is 0.158. The molecule has 4 rings (SSSR count). The summed E-state index contributed by atoms with van der Waals surface area (Å²) in [6.45, 7) is 6.53. The van der Waals surface area contributed by atoms with Gasteiger partial charge in [0.15, 0.2) is 5.76 Å². The Hall–Kier alpha value is -3.34. The van der Waals surface area contributed by atoms with Crippen LogP contribution in [-0.2, 0) is 6.42 Å². The number of aryl methyl sites for hydroxylation is 4. The molecule has 2 aromatic carbocycles. The molecule has 2 heterocycles. The highest BCUT2D eigenvalue weighted by molar-refractivity contribution is 5.99. The standard InChI is InChI=1S/C24H25N3O2/c1-16-9-7-13-21-17(2)23(29-22(16)21)24(28)25-14-8-10-19-15-27(26-18(19)3)20-11-5-4-6-12-20/h4-7,9,11-13,15H,8,10,14H2,1-3H3,(H,25,28). The first kappa shape index (κ1) is 19.0. The van der Waals surface area contributed by atoms with E-state index in [1.54, 1.807) is 0 Å². The van der Waals surface area contributed by atoms with Gasteiger partial charge in [0.25, 0.3) is 5.91 Å². The Morgan fingerprint density at radius 1 is 1.07 bits per heavy atom. The monoisotopic (exact) mass is 387 g/mol. The van der Waals surface area contributed by atoms with Gasteiger partial charge in [-0.25, -0.2) is 4.68 Å². The Kier molecular flexibility index (Phi) is 5.21. The largest absolute Gasteiger partial charge is 0.450 e. The van der Waals surface area contributed by atoms with Gasteiger partial charge in [-0.15, -0.1) is 0 Å². The first-order valence-electron chi connectivity index (χ1n) is 9.92. The van der Waals surface area contributed by atoms with Crippen LogP contribution in [0.15, 0.2) is 59.1 Å². The molecule has 0 aliphatic carbocycles. The zero-order valence-corrected chi connectivity index (χ0v) is 17.0. The van der Waals surface area contributed by atoms with Crippen molar-refractivity contribution in [1.29, 1.82) is 0 Å². The number of nitrogens with zero attached hydrogens (tertiary/aromatic N) is 2. The van der Waals surface area contributed by atoms with E-state index in [4.69, 9.17) is 4.42 Å². The fraction of sp³-hybridized carbons (Fsp3) is 0.250. The number of fused-ring (bicyclic) bond motifs is 1. The van der Waals surface area contributed by atoms with E-state index in [9.17, 15) is 4.79 Å². The molecular weight excluding hydrogens is 362 g/mol. The highest BCUT2D eigenvalue weighted by Crippen LogP contribution is 2.27. The number of para-hydroxylation sites is 2. The summed E-state index contributed by atoms with van der Waals surface area (Å²) in [5.41, 5.74) is 5.98. The number of carbonyl (C=O) groups is 1. The summed E-state index contributed by atoms with van der Waals surface area (Å²) in [5, 5.41) is 8.59. The summed E-state index contributed by atoms with van der Waals surface area (Å²) in [4.78, 5) is 12.6. The molecule has 0 unspecified atom stereocenters. The second-order valence-corrected chi connectivity index (χ2v) is 7.39. The van der Waals surface area contributed by atoms with E-state index in [-0.39, 0.29) is 5.91 Å². The zero-order valence-electron chi connectivity index (χ0n) is 17.0. The predicted octanol–water partition coefficient (Wildman–Crippen LogP) is 4.91.